The van der Waals surface area contributed by atoms with Gasteiger partial charge in [0.1, 0.15) is 23.9 Å². The lowest BCUT2D eigenvalue weighted by Gasteiger charge is -2.47. The van der Waals surface area contributed by atoms with Crippen LogP contribution in [0.5, 0.6) is 0 Å². The van der Waals surface area contributed by atoms with Crippen LogP contribution in [0.3, 0.4) is 0 Å². The van der Waals surface area contributed by atoms with E-state index < -0.39 is 76.8 Å². The third-order valence-corrected chi connectivity index (χ3v) is 12.8. The van der Waals surface area contributed by atoms with Gasteiger partial charge in [0.2, 0.25) is 0 Å². The zero-order valence-electron chi connectivity index (χ0n) is 37.9. The lowest BCUT2D eigenvalue weighted by molar-refractivity contribution is -0.384. The SMILES string of the molecule is CC[C@H]1OC(=O)[C@H](C)[C@@H](OC)[C@H](C)[C@@H](O[C@@H]2O[C@H](C)C[C@H](N(C)CCc3cn(CCOCc4ccc([N+](=O)[O-])cc4)nn3)[C@H]2O)[C@](C)(O)C[C@@H](C)CN(C)[C@H](C)[C@@H](O)[C@]1(C)O. The Kier molecular flexibility index (Phi) is 18.2. The summed E-state index contributed by atoms with van der Waals surface area (Å²) >= 11 is 0. The highest BCUT2D eigenvalue weighted by Crippen LogP contribution is 2.37. The second-order valence-corrected chi connectivity index (χ2v) is 18.0. The van der Waals surface area contributed by atoms with Crippen molar-refractivity contribution < 1.29 is 53.8 Å². The maximum absolute atomic E-state index is 13.8. The number of carbonyl (C=O) groups excluding carboxylic acids is 1. The van der Waals surface area contributed by atoms with Gasteiger partial charge in [0, 0.05) is 63.0 Å². The first-order chi connectivity index (χ1) is 28.6. The number of hydrogen-bond donors (Lipinski definition) is 4. The minimum atomic E-state index is -1.75. The van der Waals surface area contributed by atoms with Gasteiger partial charge in [-0.25, -0.2) is 4.68 Å². The van der Waals surface area contributed by atoms with Crippen molar-refractivity contribution in [2.75, 3.05) is 40.9 Å². The number of methoxy groups -OCH3 is 1. The molecule has 0 saturated carbocycles. The van der Waals surface area contributed by atoms with Crippen LogP contribution in [0.2, 0.25) is 0 Å². The van der Waals surface area contributed by atoms with Gasteiger partial charge in [0.25, 0.3) is 5.69 Å². The van der Waals surface area contributed by atoms with Crippen molar-refractivity contribution in [3.8, 4) is 0 Å². The molecule has 346 valence electrons. The summed E-state index contributed by atoms with van der Waals surface area (Å²) in [6.45, 7) is 16.3. The quantitative estimate of drug-likeness (QED) is 0.0927. The molecule has 4 rings (SSSR count). The normalized spacial score (nSPS) is 36.3. The van der Waals surface area contributed by atoms with Crippen LogP contribution in [-0.4, -0.2) is 163 Å². The largest absolute Gasteiger partial charge is 0.459 e. The number of aromatic nitrogens is 3. The van der Waals surface area contributed by atoms with E-state index in [0.717, 1.165) is 11.3 Å². The van der Waals surface area contributed by atoms with Crippen LogP contribution < -0.4 is 0 Å². The zero-order valence-corrected chi connectivity index (χ0v) is 37.9. The van der Waals surface area contributed by atoms with Crippen LogP contribution in [0, 0.1) is 27.9 Å². The summed E-state index contributed by atoms with van der Waals surface area (Å²) in [5.74, 6) is -2.24. The number of carbonyl (C=O) groups is 1. The van der Waals surface area contributed by atoms with Gasteiger partial charge >= 0.3 is 5.97 Å². The van der Waals surface area contributed by atoms with Gasteiger partial charge in [-0.3, -0.25) is 14.9 Å². The third kappa shape index (κ3) is 13.0. The number of nitro benzene ring substituents is 1. The van der Waals surface area contributed by atoms with E-state index in [9.17, 15) is 35.3 Å². The molecule has 18 nitrogen and oxygen atoms in total. The van der Waals surface area contributed by atoms with E-state index in [1.165, 1.54) is 26.2 Å². The standard InChI is InChI=1S/C43H72N6O12/c1-12-35-43(8,54)38(51)30(6)47(10)23-26(2)22-42(7,53)39(28(4)37(57-11)29(5)40(52)60-35)61-41-36(50)34(21-27(3)59-41)46(9)18-17-32-24-48(45-44-32)19-20-58-25-31-13-15-33(16-14-31)49(55)56/h13-16,24,26-30,34-39,41,50-51,53-54H,12,17-23,25H2,1-11H3/t26-,27-,28+,29-,30-,34+,35-,36-,37+,38-,39-,41+,42-,43-/m1/s1. The number of esters is 1. The van der Waals surface area contributed by atoms with Crippen molar-refractivity contribution in [1.29, 1.82) is 0 Å². The van der Waals surface area contributed by atoms with Gasteiger partial charge in [-0.1, -0.05) is 26.0 Å². The smallest absolute Gasteiger partial charge is 0.311 e. The summed E-state index contributed by atoms with van der Waals surface area (Å²) in [6, 6.07) is 5.34. The number of cyclic esters (lactones) is 1. The highest BCUT2D eigenvalue weighted by Gasteiger charge is 2.50. The summed E-state index contributed by atoms with van der Waals surface area (Å²) in [4.78, 5) is 28.2. The average Bonchev–Trinajstić information content (AvgIpc) is 3.67. The molecule has 2 aliphatic rings. The molecule has 2 fully saturated rings. The topological polar surface area (TPSA) is 224 Å². The lowest BCUT2D eigenvalue weighted by Crippen LogP contribution is -2.59. The van der Waals surface area contributed by atoms with Crippen LogP contribution in [0.25, 0.3) is 0 Å². The fourth-order valence-corrected chi connectivity index (χ4v) is 9.15. The van der Waals surface area contributed by atoms with Crippen molar-refractivity contribution in [1.82, 2.24) is 24.8 Å². The predicted octanol–water partition coefficient (Wildman–Crippen LogP) is 2.96. The molecule has 1 aromatic heterocycles. The molecule has 0 bridgehead atoms. The second kappa shape index (κ2) is 22.0. The Balaban J connectivity index is 1.46. The number of aliphatic hydroxyl groups is 4. The maximum Gasteiger partial charge on any atom is 0.311 e. The molecule has 4 N–H and O–H groups in total. The molecule has 0 amide bonds. The van der Waals surface area contributed by atoms with Gasteiger partial charge in [0.05, 0.1) is 60.2 Å². The molecule has 14 atom stereocenters. The minimum absolute atomic E-state index is 0.0289. The van der Waals surface area contributed by atoms with E-state index in [-0.39, 0.29) is 36.6 Å². The van der Waals surface area contributed by atoms with Crippen LogP contribution >= 0.6 is 0 Å². The monoisotopic (exact) mass is 865 g/mol. The van der Waals surface area contributed by atoms with E-state index >= 15 is 0 Å². The van der Waals surface area contributed by atoms with Crippen molar-refractivity contribution in [2.45, 2.75) is 160 Å². The fraction of sp³-hybridized carbons (Fsp3) is 0.791. The minimum Gasteiger partial charge on any atom is -0.459 e. The number of hydrogen-bond acceptors (Lipinski definition) is 16. The van der Waals surface area contributed by atoms with Gasteiger partial charge in [-0.15, -0.1) is 5.10 Å². The van der Waals surface area contributed by atoms with Crippen LogP contribution in [0.4, 0.5) is 5.69 Å². The molecule has 3 heterocycles. The first-order valence-corrected chi connectivity index (χ1v) is 21.6. The van der Waals surface area contributed by atoms with E-state index in [4.69, 9.17) is 23.7 Å². The Morgan fingerprint density at radius 1 is 1.10 bits per heavy atom. The molecule has 0 aliphatic carbocycles. The Hall–Kier alpha value is -3.17. The molecule has 2 saturated heterocycles. The van der Waals surface area contributed by atoms with Crippen molar-refractivity contribution in [2.24, 2.45) is 17.8 Å². The second-order valence-electron chi connectivity index (χ2n) is 18.0. The van der Waals surface area contributed by atoms with Crippen molar-refractivity contribution in [3.63, 3.8) is 0 Å². The lowest BCUT2D eigenvalue weighted by atomic mass is 9.78. The number of likely N-dealkylation sites (N-methyl/N-ethyl adjacent to an activating group) is 2. The molecule has 0 radical (unpaired) electrons. The van der Waals surface area contributed by atoms with Gasteiger partial charge < -0.3 is 53.9 Å². The van der Waals surface area contributed by atoms with E-state index in [1.54, 1.807) is 44.5 Å². The summed E-state index contributed by atoms with van der Waals surface area (Å²) in [7, 11) is 5.25. The van der Waals surface area contributed by atoms with Gasteiger partial charge in [-0.05, 0) is 91.6 Å². The highest BCUT2D eigenvalue weighted by atomic mass is 16.7. The van der Waals surface area contributed by atoms with E-state index in [0.29, 0.717) is 45.7 Å². The number of aliphatic hydroxyl groups excluding tert-OH is 2. The predicted molar refractivity (Wildman–Crippen MR) is 225 cm³/mol. The van der Waals surface area contributed by atoms with Crippen molar-refractivity contribution in [3.05, 3.63) is 51.8 Å². The summed E-state index contributed by atoms with van der Waals surface area (Å²) in [5, 5.41) is 66.7. The number of rotatable bonds is 14. The Bertz CT molecular complexity index is 1680. The number of ether oxygens (including phenoxy) is 5. The summed E-state index contributed by atoms with van der Waals surface area (Å²) in [5.41, 5.74) is -1.64. The fourth-order valence-electron chi connectivity index (χ4n) is 9.15. The zero-order chi connectivity index (χ0) is 45.4. The first-order valence-electron chi connectivity index (χ1n) is 21.6. The molecule has 0 unspecified atom stereocenters. The number of nitrogens with zero attached hydrogens (tertiary/aromatic N) is 6. The summed E-state index contributed by atoms with van der Waals surface area (Å²) < 4.78 is 32.3. The Morgan fingerprint density at radius 3 is 2.39 bits per heavy atom. The molecule has 2 aromatic rings. The molecule has 2 aliphatic heterocycles. The number of benzene rings is 1. The molecule has 18 heteroatoms. The molecule has 1 aromatic carbocycles. The van der Waals surface area contributed by atoms with Crippen LogP contribution in [0.15, 0.2) is 30.5 Å². The van der Waals surface area contributed by atoms with E-state index in [2.05, 4.69) is 10.3 Å². The maximum atomic E-state index is 13.8. The third-order valence-electron chi connectivity index (χ3n) is 12.8. The average molecular weight is 865 g/mol. The number of non-ortho nitro benzene ring substituents is 1. The van der Waals surface area contributed by atoms with Crippen LogP contribution in [0.1, 0.15) is 85.9 Å². The molecular formula is C43H72N6O12. The molecule has 61 heavy (non-hydrogen) atoms. The highest BCUT2D eigenvalue weighted by molar-refractivity contribution is 5.73. The van der Waals surface area contributed by atoms with Crippen molar-refractivity contribution >= 4 is 11.7 Å². The first kappa shape index (κ1) is 50.5. The van der Waals surface area contributed by atoms with Gasteiger partial charge in [0.15, 0.2) is 6.29 Å². The summed E-state index contributed by atoms with van der Waals surface area (Å²) in [6.07, 6.45) is -3.15. The Labute approximate surface area is 360 Å². The molecular weight excluding hydrogens is 793 g/mol. The number of nitro groups is 1. The molecule has 0 spiro atoms. The Morgan fingerprint density at radius 2 is 1.77 bits per heavy atom. The van der Waals surface area contributed by atoms with Gasteiger partial charge in [-0.2, -0.15) is 0 Å². The van der Waals surface area contributed by atoms with Crippen LogP contribution in [-0.2, 0) is 48.1 Å². The van der Waals surface area contributed by atoms with E-state index in [1.807, 2.05) is 50.9 Å².